The van der Waals surface area contributed by atoms with E-state index in [-0.39, 0.29) is 17.2 Å². The van der Waals surface area contributed by atoms with Crippen LogP contribution in [0.15, 0.2) is 72.8 Å². The van der Waals surface area contributed by atoms with Crippen molar-refractivity contribution in [3.63, 3.8) is 0 Å². The molecule has 33 heavy (non-hydrogen) atoms. The summed E-state index contributed by atoms with van der Waals surface area (Å²) in [7, 11) is 0. The number of anilines is 2. The monoisotopic (exact) mass is 444 g/mol. The first-order valence-electron chi connectivity index (χ1n) is 10.7. The number of carbonyl (C=O) groups excluding carboxylic acids is 2. The van der Waals surface area contributed by atoms with Gasteiger partial charge in [-0.2, -0.15) is 0 Å². The number of hydrogen-bond acceptors (Lipinski definition) is 5. The van der Waals surface area contributed by atoms with Crippen LogP contribution < -0.4 is 10.2 Å². The summed E-state index contributed by atoms with van der Waals surface area (Å²) in [4.78, 5) is 39.9. The predicted octanol–water partition coefficient (Wildman–Crippen LogP) is 4.12. The van der Waals surface area contributed by atoms with Crippen LogP contribution in [0.4, 0.5) is 17.1 Å². The minimum atomic E-state index is -0.492. The second kappa shape index (κ2) is 9.52. The molecule has 0 aliphatic carbocycles. The number of hydrogen-bond donors (Lipinski definition) is 1. The molecule has 0 atom stereocenters. The van der Waals surface area contributed by atoms with Gasteiger partial charge < -0.3 is 15.1 Å². The number of nitro groups is 1. The number of nitro benzene ring substituents is 1. The average molecular weight is 444 g/mol. The van der Waals surface area contributed by atoms with E-state index in [0.717, 1.165) is 18.8 Å². The molecule has 3 aromatic rings. The Balaban J connectivity index is 1.36. The van der Waals surface area contributed by atoms with Crippen molar-refractivity contribution in [3.05, 3.63) is 99.6 Å². The van der Waals surface area contributed by atoms with Crippen LogP contribution in [-0.2, 0) is 0 Å². The molecule has 0 unspecified atom stereocenters. The van der Waals surface area contributed by atoms with Crippen molar-refractivity contribution < 1.29 is 14.5 Å². The highest BCUT2D eigenvalue weighted by atomic mass is 16.6. The minimum absolute atomic E-state index is 0.0461. The van der Waals surface area contributed by atoms with Gasteiger partial charge in [-0.3, -0.25) is 19.7 Å². The first-order chi connectivity index (χ1) is 15.9. The van der Waals surface area contributed by atoms with E-state index in [1.807, 2.05) is 47.4 Å². The molecule has 8 nitrogen and oxygen atoms in total. The molecule has 8 heteroatoms. The standard InChI is InChI=1S/C25H24N4O4/c1-18-22(8-5-9-23(18)29(32)33)24(30)26-20-10-12-21(13-11-20)27-14-16-28(17-15-27)25(31)19-6-3-2-4-7-19/h2-13H,14-17H2,1H3,(H,26,30). The zero-order chi connectivity index (χ0) is 23.4. The Kier molecular flexibility index (Phi) is 6.35. The van der Waals surface area contributed by atoms with Crippen LogP contribution in [0.5, 0.6) is 0 Å². The van der Waals surface area contributed by atoms with Gasteiger partial charge in [-0.05, 0) is 49.4 Å². The normalized spacial score (nSPS) is 13.5. The van der Waals surface area contributed by atoms with Gasteiger partial charge in [0.05, 0.1) is 4.92 Å². The smallest absolute Gasteiger partial charge is 0.273 e. The lowest BCUT2D eigenvalue weighted by molar-refractivity contribution is -0.385. The summed E-state index contributed by atoms with van der Waals surface area (Å²) in [5.74, 6) is -0.346. The van der Waals surface area contributed by atoms with Gasteiger partial charge in [-0.1, -0.05) is 24.3 Å². The molecular formula is C25H24N4O4. The topological polar surface area (TPSA) is 95.8 Å². The summed E-state index contributed by atoms with van der Waals surface area (Å²) >= 11 is 0. The fourth-order valence-corrected chi connectivity index (χ4v) is 3.95. The molecule has 168 valence electrons. The lowest BCUT2D eigenvalue weighted by Crippen LogP contribution is -2.48. The van der Waals surface area contributed by atoms with Crippen LogP contribution in [0.2, 0.25) is 0 Å². The van der Waals surface area contributed by atoms with E-state index in [9.17, 15) is 19.7 Å². The van der Waals surface area contributed by atoms with Crippen molar-refractivity contribution in [1.82, 2.24) is 4.90 Å². The maximum atomic E-state index is 12.6. The van der Waals surface area contributed by atoms with Crippen LogP contribution in [0, 0.1) is 17.0 Å². The Morgan fingerprint density at radius 1 is 0.879 bits per heavy atom. The van der Waals surface area contributed by atoms with Gasteiger partial charge in [0.25, 0.3) is 17.5 Å². The molecule has 3 aromatic carbocycles. The first kappa shape index (κ1) is 22.0. The molecule has 4 rings (SSSR count). The van der Waals surface area contributed by atoms with E-state index in [1.165, 1.54) is 12.1 Å². The number of benzene rings is 3. The lowest BCUT2D eigenvalue weighted by Gasteiger charge is -2.36. The molecule has 0 radical (unpaired) electrons. The number of nitrogens with one attached hydrogen (secondary N) is 1. The molecule has 0 saturated carbocycles. The Labute approximate surface area is 191 Å². The first-order valence-corrected chi connectivity index (χ1v) is 10.7. The summed E-state index contributed by atoms with van der Waals surface area (Å²) in [6.07, 6.45) is 0. The third-order valence-electron chi connectivity index (χ3n) is 5.82. The van der Waals surface area contributed by atoms with Gasteiger partial charge in [-0.25, -0.2) is 0 Å². The van der Waals surface area contributed by atoms with Crippen molar-refractivity contribution in [2.75, 3.05) is 36.4 Å². The van der Waals surface area contributed by atoms with E-state index in [0.29, 0.717) is 29.9 Å². The van der Waals surface area contributed by atoms with Gasteiger partial charge in [0.15, 0.2) is 0 Å². The van der Waals surface area contributed by atoms with E-state index < -0.39 is 10.8 Å². The molecule has 1 aliphatic rings. The maximum Gasteiger partial charge on any atom is 0.273 e. The summed E-state index contributed by atoms with van der Waals surface area (Å²) in [5.41, 5.74) is 2.83. The molecule has 1 saturated heterocycles. The van der Waals surface area contributed by atoms with Crippen molar-refractivity contribution in [2.24, 2.45) is 0 Å². The van der Waals surface area contributed by atoms with Crippen LogP contribution in [0.1, 0.15) is 26.3 Å². The molecule has 2 amide bonds. The molecule has 1 heterocycles. The third-order valence-corrected chi connectivity index (χ3v) is 5.82. The van der Waals surface area contributed by atoms with Crippen molar-refractivity contribution in [3.8, 4) is 0 Å². The Morgan fingerprint density at radius 2 is 1.55 bits per heavy atom. The van der Waals surface area contributed by atoms with Crippen LogP contribution in [0.3, 0.4) is 0 Å². The largest absolute Gasteiger partial charge is 0.368 e. The van der Waals surface area contributed by atoms with E-state index in [2.05, 4.69) is 10.2 Å². The van der Waals surface area contributed by atoms with Crippen LogP contribution >= 0.6 is 0 Å². The summed E-state index contributed by atoms with van der Waals surface area (Å²) in [5, 5.41) is 13.9. The predicted molar refractivity (Wildman–Crippen MR) is 127 cm³/mol. The summed E-state index contributed by atoms with van der Waals surface area (Å²) < 4.78 is 0. The van der Waals surface area contributed by atoms with E-state index in [4.69, 9.17) is 0 Å². The Morgan fingerprint density at radius 3 is 2.18 bits per heavy atom. The summed E-state index contributed by atoms with van der Waals surface area (Å²) in [6, 6.07) is 21.2. The van der Waals surface area contributed by atoms with Gasteiger partial charge >= 0.3 is 0 Å². The number of carbonyl (C=O) groups is 2. The highest BCUT2D eigenvalue weighted by molar-refractivity contribution is 6.05. The summed E-state index contributed by atoms with van der Waals surface area (Å²) in [6.45, 7) is 4.28. The second-order valence-corrected chi connectivity index (χ2v) is 7.85. The van der Waals surface area contributed by atoms with Crippen molar-refractivity contribution in [2.45, 2.75) is 6.92 Å². The number of amides is 2. The van der Waals surface area contributed by atoms with Gasteiger partial charge in [0.1, 0.15) is 0 Å². The minimum Gasteiger partial charge on any atom is -0.368 e. The lowest BCUT2D eigenvalue weighted by atomic mass is 10.1. The quantitative estimate of drug-likeness (QED) is 0.472. The third kappa shape index (κ3) is 4.85. The maximum absolute atomic E-state index is 12.6. The second-order valence-electron chi connectivity index (χ2n) is 7.85. The van der Waals surface area contributed by atoms with E-state index in [1.54, 1.807) is 25.1 Å². The van der Waals surface area contributed by atoms with Gasteiger partial charge in [0.2, 0.25) is 0 Å². The Hall–Kier alpha value is -4.20. The number of rotatable bonds is 5. The van der Waals surface area contributed by atoms with Gasteiger partial charge in [-0.15, -0.1) is 0 Å². The number of nitrogens with zero attached hydrogens (tertiary/aromatic N) is 3. The molecule has 0 bridgehead atoms. The van der Waals surface area contributed by atoms with Crippen molar-refractivity contribution >= 4 is 28.9 Å². The molecule has 1 aliphatic heterocycles. The Bertz CT molecular complexity index is 1170. The van der Waals surface area contributed by atoms with Gasteiger partial charge in [0, 0.05) is 60.3 Å². The fraction of sp³-hybridized carbons (Fsp3) is 0.200. The molecule has 1 N–H and O–H groups in total. The van der Waals surface area contributed by atoms with E-state index >= 15 is 0 Å². The zero-order valence-electron chi connectivity index (χ0n) is 18.2. The fourth-order valence-electron chi connectivity index (χ4n) is 3.95. The van der Waals surface area contributed by atoms with Crippen LogP contribution in [-0.4, -0.2) is 47.8 Å². The highest BCUT2D eigenvalue weighted by Crippen LogP contribution is 2.24. The number of piperazine rings is 1. The average Bonchev–Trinajstić information content (AvgIpc) is 2.84. The molecular weight excluding hydrogens is 420 g/mol. The highest BCUT2D eigenvalue weighted by Gasteiger charge is 2.22. The van der Waals surface area contributed by atoms with Crippen LogP contribution in [0.25, 0.3) is 0 Å². The molecule has 1 fully saturated rings. The molecule has 0 spiro atoms. The SMILES string of the molecule is Cc1c(C(=O)Nc2ccc(N3CCN(C(=O)c4ccccc4)CC3)cc2)cccc1[N+](=O)[O-]. The zero-order valence-corrected chi connectivity index (χ0v) is 18.2. The van der Waals surface area contributed by atoms with Crippen molar-refractivity contribution in [1.29, 1.82) is 0 Å². The molecule has 0 aromatic heterocycles.